The number of hydrogen-bond donors (Lipinski definition) is 0. The van der Waals surface area contributed by atoms with Gasteiger partial charge < -0.3 is 4.74 Å². The van der Waals surface area contributed by atoms with E-state index in [-0.39, 0.29) is 36.8 Å². The number of sulfonamides is 1. The molecule has 1 saturated heterocycles. The fourth-order valence-electron chi connectivity index (χ4n) is 2.95. The van der Waals surface area contributed by atoms with E-state index in [2.05, 4.69) is 5.10 Å². The van der Waals surface area contributed by atoms with Crippen LogP contribution in [0.1, 0.15) is 0 Å². The van der Waals surface area contributed by atoms with Crippen molar-refractivity contribution in [3.05, 3.63) is 36.7 Å². The van der Waals surface area contributed by atoms with Gasteiger partial charge in [0.25, 0.3) is 0 Å². The normalized spacial score (nSPS) is 17.2. The molecule has 0 N–H and O–H groups in total. The van der Waals surface area contributed by atoms with Crippen LogP contribution in [-0.2, 0) is 10.0 Å². The largest absolute Gasteiger partial charge is 0.495 e. The standard InChI is InChI=1S/C16H19F3N4O3S/c1-26-14-4-3-13(23-6-2-5-20-23)11-15(14)27(24,25)22-9-7-21(8-10-22)12-16(17,18)19/h2-6,11H,7-10,12H2,1H3. The molecule has 1 aromatic carbocycles. The number of methoxy groups -OCH3 is 1. The molecule has 2 aromatic rings. The average molecular weight is 404 g/mol. The number of alkyl halides is 3. The van der Waals surface area contributed by atoms with Gasteiger partial charge in [-0.1, -0.05) is 0 Å². The summed E-state index contributed by atoms with van der Waals surface area (Å²) >= 11 is 0. The number of ether oxygens (including phenoxy) is 1. The van der Waals surface area contributed by atoms with Gasteiger partial charge in [-0.25, -0.2) is 13.1 Å². The third-order valence-corrected chi connectivity index (χ3v) is 6.19. The van der Waals surface area contributed by atoms with Crippen molar-refractivity contribution in [2.75, 3.05) is 39.8 Å². The zero-order valence-corrected chi connectivity index (χ0v) is 15.4. The first-order chi connectivity index (χ1) is 12.7. The molecule has 0 atom stereocenters. The van der Waals surface area contributed by atoms with Crippen LogP contribution in [0, 0.1) is 0 Å². The topological polar surface area (TPSA) is 67.7 Å². The first kappa shape index (κ1) is 19.6. The lowest BCUT2D eigenvalue weighted by Gasteiger charge is -2.34. The molecule has 148 valence electrons. The second kappa shape index (κ2) is 7.49. The van der Waals surface area contributed by atoms with Gasteiger partial charge in [-0.05, 0) is 24.3 Å². The Balaban J connectivity index is 1.84. The maximum Gasteiger partial charge on any atom is 0.401 e. The molecule has 0 radical (unpaired) electrons. The van der Waals surface area contributed by atoms with E-state index in [1.54, 1.807) is 24.5 Å². The summed E-state index contributed by atoms with van der Waals surface area (Å²) in [4.78, 5) is 1.16. The monoisotopic (exact) mass is 404 g/mol. The van der Waals surface area contributed by atoms with Crippen molar-refractivity contribution >= 4 is 10.0 Å². The Morgan fingerprint density at radius 3 is 2.44 bits per heavy atom. The first-order valence-corrected chi connectivity index (χ1v) is 9.62. The molecule has 0 bridgehead atoms. The van der Waals surface area contributed by atoms with Gasteiger partial charge in [0, 0.05) is 38.6 Å². The van der Waals surface area contributed by atoms with Gasteiger partial charge in [-0.15, -0.1) is 0 Å². The summed E-state index contributed by atoms with van der Waals surface area (Å²) < 4.78 is 71.5. The van der Waals surface area contributed by atoms with Crippen molar-refractivity contribution in [2.45, 2.75) is 11.1 Å². The molecule has 1 aliphatic rings. The predicted octanol–water partition coefficient (Wildman–Crippen LogP) is 1.75. The fourth-order valence-corrected chi connectivity index (χ4v) is 4.55. The summed E-state index contributed by atoms with van der Waals surface area (Å²) in [5.41, 5.74) is 0.537. The first-order valence-electron chi connectivity index (χ1n) is 8.18. The van der Waals surface area contributed by atoms with E-state index in [1.165, 1.54) is 33.1 Å². The highest BCUT2D eigenvalue weighted by Crippen LogP contribution is 2.30. The van der Waals surface area contributed by atoms with Crippen molar-refractivity contribution in [1.29, 1.82) is 0 Å². The summed E-state index contributed by atoms with van der Waals surface area (Å²) in [6.07, 6.45) is -1.06. The molecule has 11 heteroatoms. The van der Waals surface area contributed by atoms with Gasteiger partial charge in [0.2, 0.25) is 10.0 Å². The highest BCUT2D eigenvalue weighted by Gasteiger charge is 2.35. The zero-order valence-electron chi connectivity index (χ0n) is 14.6. The van der Waals surface area contributed by atoms with Crippen molar-refractivity contribution in [1.82, 2.24) is 19.0 Å². The molecular weight excluding hydrogens is 385 g/mol. The molecule has 27 heavy (non-hydrogen) atoms. The fraction of sp³-hybridized carbons (Fsp3) is 0.438. The second-order valence-corrected chi connectivity index (χ2v) is 7.99. The lowest BCUT2D eigenvalue weighted by Crippen LogP contribution is -2.50. The molecule has 7 nitrogen and oxygen atoms in total. The number of benzene rings is 1. The quantitative estimate of drug-likeness (QED) is 0.760. The molecule has 0 unspecified atom stereocenters. The third kappa shape index (κ3) is 4.42. The minimum Gasteiger partial charge on any atom is -0.495 e. The van der Waals surface area contributed by atoms with E-state index in [1.807, 2.05) is 0 Å². The van der Waals surface area contributed by atoms with E-state index in [9.17, 15) is 21.6 Å². The van der Waals surface area contributed by atoms with Crippen LogP contribution in [0.25, 0.3) is 5.69 Å². The van der Waals surface area contributed by atoms with E-state index in [0.29, 0.717) is 5.69 Å². The van der Waals surface area contributed by atoms with Gasteiger partial charge >= 0.3 is 6.18 Å². The van der Waals surface area contributed by atoms with Crippen molar-refractivity contribution < 1.29 is 26.3 Å². The molecule has 0 saturated carbocycles. The number of piperazine rings is 1. The van der Waals surface area contributed by atoms with E-state index >= 15 is 0 Å². The van der Waals surface area contributed by atoms with Crippen LogP contribution in [0.2, 0.25) is 0 Å². The van der Waals surface area contributed by atoms with Gasteiger partial charge in [0.1, 0.15) is 10.6 Å². The Bertz CT molecular complexity index is 877. The third-order valence-electron chi connectivity index (χ3n) is 4.27. The number of halogens is 3. The van der Waals surface area contributed by atoms with Gasteiger partial charge in [0.05, 0.1) is 19.3 Å². The Labute approximate surface area is 155 Å². The van der Waals surface area contributed by atoms with E-state index < -0.39 is 22.7 Å². The molecule has 0 amide bonds. The lowest BCUT2D eigenvalue weighted by molar-refractivity contribution is -0.148. The maximum atomic E-state index is 13.1. The molecule has 1 aliphatic heterocycles. The number of aromatic nitrogens is 2. The number of hydrogen-bond acceptors (Lipinski definition) is 5. The number of rotatable bonds is 5. The van der Waals surface area contributed by atoms with Crippen molar-refractivity contribution in [3.8, 4) is 11.4 Å². The molecule has 0 aliphatic carbocycles. The molecule has 3 rings (SSSR count). The van der Waals surface area contributed by atoms with Gasteiger partial charge in [0.15, 0.2) is 0 Å². The molecule has 0 spiro atoms. The molecule has 2 heterocycles. The maximum absolute atomic E-state index is 13.1. The SMILES string of the molecule is COc1ccc(-n2cccn2)cc1S(=O)(=O)N1CCN(CC(F)(F)F)CC1. The molecule has 1 aromatic heterocycles. The van der Waals surface area contributed by atoms with E-state index in [0.717, 1.165) is 0 Å². The van der Waals surface area contributed by atoms with Crippen molar-refractivity contribution in [2.24, 2.45) is 0 Å². The van der Waals surface area contributed by atoms with Crippen LogP contribution in [0.5, 0.6) is 5.75 Å². The lowest BCUT2D eigenvalue weighted by atomic mass is 10.3. The summed E-state index contributed by atoms with van der Waals surface area (Å²) in [6, 6.07) is 6.36. The van der Waals surface area contributed by atoms with Crippen LogP contribution in [0.15, 0.2) is 41.6 Å². The van der Waals surface area contributed by atoms with Crippen LogP contribution in [-0.4, -0.2) is 73.4 Å². The summed E-state index contributed by atoms with van der Waals surface area (Å²) in [5, 5.41) is 4.08. The summed E-state index contributed by atoms with van der Waals surface area (Å²) in [6.45, 7) is -1.06. The highest BCUT2D eigenvalue weighted by molar-refractivity contribution is 7.89. The average Bonchev–Trinajstić information content (AvgIpc) is 3.15. The second-order valence-electron chi connectivity index (χ2n) is 6.08. The summed E-state index contributed by atoms with van der Waals surface area (Å²) in [7, 11) is -2.56. The molecule has 1 fully saturated rings. The van der Waals surface area contributed by atoms with Gasteiger partial charge in [-0.3, -0.25) is 4.90 Å². The van der Waals surface area contributed by atoms with Crippen LogP contribution in [0.4, 0.5) is 13.2 Å². The Morgan fingerprint density at radius 2 is 1.89 bits per heavy atom. The summed E-state index contributed by atoms with van der Waals surface area (Å²) in [5.74, 6) is 0.170. The Kier molecular flexibility index (Phi) is 5.45. The van der Waals surface area contributed by atoms with Crippen LogP contribution >= 0.6 is 0 Å². The van der Waals surface area contributed by atoms with Crippen LogP contribution < -0.4 is 4.74 Å². The van der Waals surface area contributed by atoms with Gasteiger partial charge in [-0.2, -0.15) is 22.6 Å². The minimum absolute atomic E-state index is 0.0138. The van der Waals surface area contributed by atoms with Crippen molar-refractivity contribution in [3.63, 3.8) is 0 Å². The smallest absolute Gasteiger partial charge is 0.401 e. The van der Waals surface area contributed by atoms with E-state index in [4.69, 9.17) is 4.74 Å². The predicted molar refractivity (Wildman–Crippen MR) is 91.4 cm³/mol. The Hall–Kier alpha value is -2.11. The highest BCUT2D eigenvalue weighted by atomic mass is 32.2. The molecular formula is C16H19F3N4O3S. The number of nitrogens with zero attached hydrogens (tertiary/aromatic N) is 4. The minimum atomic E-state index is -4.30. The zero-order chi connectivity index (χ0) is 19.7. The van der Waals surface area contributed by atoms with Crippen LogP contribution in [0.3, 0.4) is 0 Å². The Morgan fingerprint density at radius 1 is 1.19 bits per heavy atom.